The van der Waals surface area contributed by atoms with Gasteiger partial charge in [0, 0.05) is 25.7 Å². The fraction of sp³-hybridized carbons (Fsp3) is 0.571. The van der Waals surface area contributed by atoms with Gasteiger partial charge in [-0.3, -0.25) is 0 Å². The van der Waals surface area contributed by atoms with E-state index in [2.05, 4.69) is 4.72 Å². The average Bonchev–Trinajstić information content (AvgIpc) is 2.48. The Morgan fingerprint density at radius 3 is 2.70 bits per heavy atom. The highest BCUT2D eigenvalue weighted by atomic mass is 32.2. The van der Waals surface area contributed by atoms with Crippen LogP contribution in [0.5, 0.6) is 0 Å². The molecule has 0 amide bonds. The van der Waals surface area contributed by atoms with Gasteiger partial charge in [0.05, 0.1) is 0 Å². The summed E-state index contributed by atoms with van der Waals surface area (Å²) < 4.78 is 28.8. The summed E-state index contributed by atoms with van der Waals surface area (Å²) in [7, 11) is -3.41. The Kier molecular flexibility index (Phi) is 5.54. The predicted octanol–water partition coefficient (Wildman–Crippen LogP) is 0.877. The first-order chi connectivity index (χ1) is 9.63. The van der Waals surface area contributed by atoms with Gasteiger partial charge in [-0.15, -0.1) is 0 Å². The van der Waals surface area contributed by atoms with Crippen LogP contribution < -0.4 is 10.5 Å². The molecule has 0 aliphatic carbocycles. The Hall–Kier alpha value is -0.950. The van der Waals surface area contributed by atoms with Crippen LogP contribution in [0.25, 0.3) is 0 Å². The molecule has 0 aromatic heterocycles. The van der Waals surface area contributed by atoms with E-state index in [1.807, 2.05) is 30.3 Å². The van der Waals surface area contributed by atoms with Gasteiger partial charge in [0.25, 0.3) is 10.2 Å². The summed E-state index contributed by atoms with van der Waals surface area (Å²) in [6, 6.07) is 9.80. The molecule has 1 aliphatic heterocycles. The van der Waals surface area contributed by atoms with Crippen LogP contribution in [0.3, 0.4) is 0 Å². The van der Waals surface area contributed by atoms with Crippen molar-refractivity contribution in [2.24, 2.45) is 5.73 Å². The van der Waals surface area contributed by atoms with Crippen molar-refractivity contribution in [3.8, 4) is 0 Å². The molecule has 0 saturated carbocycles. The van der Waals surface area contributed by atoms with Crippen LogP contribution in [0.4, 0.5) is 0 Å². The average molecular weight is 297 g/mol. The Morgan fingerprint density at radius 2 is 2.00 bits per heavy atom. The van der Waals surface area contributed by atoms with Gasteiger partial charge in [0.1, 0.15) is 0 Å². The molecular weight excluding hydrogens is 274 g/mol. The Morgan fingerprint density at radius 1 is 1.25 bits per heavy atom. The SMILES string of the molecule is NCC1CCCCN1S(=O)(=O)NCCc1ccccc1. The zero-order valence-corrected chi connectivity index (χ0v) is 12.5. The first-order valence-electron chi connectivity index (χ1n) is 7.14. The van der Waals surface area contributed by atoms with Gasteiger partial charge in [-0.05, 0) is 24.8 Å². The summed E-state index contributed by atoms with van der Waals surface area (Å²) in [4.78, 5) is 0. The standard InChI is InChI=1S/C14H23N3O2S/c15-12-14-8-4-5-11-17(14)20(18,19)16-10-9-13-6-2-1-3-7-13/h1-3,6-7,14,16H,4-5,8-12,15H2. The van der Waals surface area contributed by atoms with Gasteiger partial charge in [0.15, 0.2) is 0 Å². The molecule has 0 spiro atoms. The predicted molar refractivity (Wildman–Crippen MR) is 80.5 cm³/mol. The molecule has 3 N–H and O–H groups in total. The lowest BCUT2D eigenvalue weighted by molar-refractivity contribution is 0.254. The monoisotopic (exact) mass is 297 g/mol. The summed E-state index contributed by atoms with van der Waals surface area (Å²) in [5.41, 5.74) is 6.81. The van der Waals surface area contributed by atoms with Crippen LogP contribution in [0.1, 0.15) is 24.8 Å². The molecular formula is C14H23N3O2S. The van der Waals surface area contributed by atoms with E-state index in [1.165, 1.54) is 4.31 Å². The summed E-state index contributed by atoms with van der Waals surface area (Å²) in [5, 5.41) is 0. The van der Waals surface area contributed by atoms with Crippen molar-refractivity contribution in [1.82, 2.24) is 9.03 Å². The minimum absolute atomic E-state index is 0.0574. The van der Waals surface area contributed by atoms with Gasteiger partial charge in [-0.25, -0.2) is 4.72 Å². The molecule has 1 heterocycles. The summed E-state index contributed by atoms with van der Waals surface area (Å²) in [6.45, 7) is 1.38. The molecule has 1 aromatic carbocycles. The van der Waals surface area contributed by atoms with Crippen LogP contribution in [-0.4, -0.2) is 38.4 Å². The van der Waals surface area contributed by atoms with Gasteiger partial charge >= 0.3 is 0 Å². The summed E-state index contributed by atoms with van der Waals surface area (Å²) in [5.74, 6) is 0. The van der Waals surface area contributed by atoms with E-state index in [9.17, 15) is 8.42 Å². The first kappa shape index (κ1) is 15.4. The number of rotatable bonds is 6. The first-order valence-corrected chi connectivity index (χ1v) is 8.58. The molecule has 6 heteroatoms. The van der Waals surface area contributed by atoms with Gasteiger partial charge in [-0.2, -0.15) is 12.7 Å². The molecule has 112 valence electrons. The third-order valence-electron chi connectivity index (χ3n) is 3.69. The highest BCUT2D eigenvalue weighted by Crippen LogP contribution is 2.18. The molecule has 1 aliphatic rings. The quantitative estimate of drug-likeness (QED) is 0.818. The molecule has 5 nitrogen and oxygen atoms in total. The molecule has 0 bridgehead atoms. The Bertz CT molecular complexity index is 504. The van der Waals surface area contributed by atoms with E-state index in [4.69, 9.17) is 5.73 Å². The number of benzene rings is 1. The van der Waals surface area contributed by atoms with Crippen molar-refractivity contribution in [3.05, 3.63) is 35.9 Å². The molecule has 1 fully saturated rings. The second-order valence-electron chi connectivity index (χ2n) is 5.13. The van der Waals surface area contributed by atoms with Crippen molar-refractivity contribution in [2.45, 2.75) is 31.7 Å². The largest absolute Gasteiger partial charge is 0.329 e. The van der Waals surface area contributed by atoms with E-state index in [-0.39, 0.29) is 6.04 Å². The van der Waals surface area contributed by atoms with Crippen molar-refractivity contribution < 1.29 is 8.42 Å². The second kappa shape index (κ2) is 7.17. The third kappa shape index (κ3) is 4.02. The Balaban J connectivity index is 1.90. The van der Waals surface area contributed by atoms with E-state index in [1.54, 1.807) is 0 Å². The molecule has 20 heavy (non-hydrogen) atoms. The van der Waals surface area contributed by atoms with Crippen molar-refractivity contribution in [3.63, 3.8) is 0 Å². The zero-order valence-electron chi connectivity index (χ0n) is 11.7. The summed E-state index contributed by atoms with van der Waals surface area (Å²) >= 11 is 0. The van der Waals surface area contributed by atoms with Gasteiger partial charge in [-0.1, -0.05) is 36.8 Å². The van der Waals surface area contributed by atoms with E-state index < -0.39 is 10.2 Å². The lowest BCUT2D eigenvalue weighted by Gasteiger charge is -2.33. The van der Waals surface area contributed by atoms with Gasteiger partial charge in [0.2, 0.25) is 0 Å². The van der Waals surface area contributed by atoms with E-state index >= 15 is 0 Å². The maximum absolute atomic E-state index is 12.3. The van der Waals surface area contributed by atoms with E-state index in [0.717, 1.165) is 24.8 Å². The maximum atomic E-state index is 12.3. The van der Waals surface area contributed by atoms with Gasteiger partial charge < -0.3 is 5.73 Å². The molecule has 1 unspecified atom stereocenters. The second-order valence-corrected chi connectivity index (χ2v) is 6.84. The molecule has 0 radical (unpaired) electrons. The number of hydrogen-bond acceptors (Lipinski definition) is 3. The smallest absolute Gasteiger partial charge is 0.279 e. The van der Waals surface area contributed by atoms with Crippen LogP contribution in [0, 0.1) is 0 Å². The van der Waals surface area contributed by atoms with Crippen LogP contribution in [0.15, 0.2) is 30.3 Å². The number of nitrogens with zero attached hydrogens (tertiary/aromatic N) is 1. The topological polar surface area (TPSA) is 75.4 Å². The summed E-state index contributed by atoms with van der Waals surface area (Å²) in [6.07, 6.45) is 3.52. The molecule has 2 rings (SSSR count). The molecule has 1 atom stereocenters. The van der Waals surface area contributed by atoms with Crippen LogP contribution >= 0.6 is 0 Å². The minimum Gasteiger partial charge on any atom is -0.329 e. The highest BCUT2D eigenvalue weighted by molar-refractivity contribution is 7.87. The van der Waals surface area contributed by atoms with E-state index in [0.29, 0.717) is 26.1 Å². The van der Waals surface area contributed by atoms with Crippen molar-refractivity contribution in [2.75, 3.05) is 19.6 Å². The molecule has 1 saturated heterocycles. The normalized spacial score (nSPS) is 20.9. The molecule has 1 aromatic rings. The highest BCUT2D eigenvalue weighted by Gasteiger charge is 2.30. The Labute approximate surface area is 121 Å². The van der Waals surface area contributed by atoms with Crippen molar-refractivity contribution >= 4 is 10.2 Å². The van der Waals surface area contributed by atoms with Crippen molar-refractivity contribution in [1.29, 1.82) is 0 Å². The number of nitrogens with one attached hydrogen (secondary N) is 1. The van der Waals surface area contributed by atoms with Crippen LogP contribution in [0.2, 0.25) is 0 Å². The zero-order chi connectivity index (χ0) is 14.4. The lowest BCUT2D eigenvalue weighted by Crippen LogP contribution is -2.51. The maximum Gasteiger partial charge on any atom is 0.279 e. The number of piperidine rings is 1. The minimum atomic E-state index is -3.41. The van der Waals surface area contributed by atoms with Crippen LogP contribution in [-0.2, 0) is 16.6 Å². The lowest BCUT2D eigenvalue weighted by atomic mass is 10.1. The fourth-order valence-electron chi connectivity index (χ4n) is 2.58. The number of nitrogens with two attached hydrogens (primary N) is 1. The fourth-order valence-corrected chi connectivity index (χ4v) is 4.06. The third-order valence-corrected chi connectivity index (χ3v) is 5.36. The number of hydrogen-bond donors (Lipinski definition) is 2.